The highest BCUT2D eigenvalue weighted by Crippen LogP contribution is 2.32. The first kappa shape index (κ1) is 16.9. The van der Waals surface area contributed by atoms with E-state index in [0.717, 1.165) is 19.4 Å². The molecule has 1 aromatic carbocycles. The molecule has 0 spiro atoms. The van der Waals surface area contributed by atoms with Crippen LogP contribution in [0.25, 0.3) is 0 Å². The number of aliphatic hydroxyl groups excluding tert-OH is 1. The Hall–Kier alpha value is -0.900. The molecule has 3 heteroatoms. The number of likely N-dealkylation sites (tertiary alicyclic amines) is 1. The highest BCUT2D eigenvalue weighted by molar-refractivity contribution is 5.31. The van der Waals surface area contributed by atoms with Gasteiger partial charge in [0.2, 0.25) is 0 Å². The molecule has 1 aliphatic carbocycles. The summed E-state index contributed by atoms with van der Waals surface area (Å²) in [6.45, 7) is 3.74. The molecule has 128 valence electrons. The number of aryl methyl sites for hydroxylation is 1. The molecule has 0 unspecified atom stereocenters. The second kappa shape index (κ2) is 8.81. The van der Waals surface area contributed by atoms with E-state index >= 15 is 0 Å². The number of quaternary nitrogens is 1. The van der Waals surface area contributed by atoms with Gasteiger partial charge in [-0.1, -0.05) is 30.7 Å². The summed E-state index contributed by atoms with van der Waals surface area (Å²) >= 11 is 0. The van der Waals surface area contributed by atoms with Crippen LogP contribution in [0.4, 0.5) is 0 Å². The Morgan fingerprint density at radius 1 is 1.04 bits per heavy atom. The molecule has 1 aromatic rings. The van der Waals surface area contributed by atoms with Crippen molar-refractivity contribution in [1.29, 1.82) is 0 Å². The standard InChI is InChI=1S/C20H31NO2/c22-18(15-21-13-6-2-1-3-7-14-21)16-23-20-12-8-10-17-9-4-5-11-19(17)20/h4-5,9,11,18,20,22H,1-3,6-8,10,12-16H2/p+1/t18-,20+/m1/s1. The van der Waals surface area contributed by atoms with Crippen LogP contribution >= 0.6 is 0 Å². The van der Waals surface area contributed by atoms with E-state index in [2.05, 4.69) is 24.3 Å². The molecule has 0 saturated carbocycles. The summed E-state index contributed by atoms with van der Waals surface area (Å²) in [6.07, 6.45) is 9.99. The fourth-order valence-corrected chi connectivity index (χ4v) is 4.11. The minimum Gasteiger partial charge on any atom is -0.385 e. The van der Waals surface area contributed by atoms with Crippen molar-refractivity contribution in [3.63, 3.8) is 0 Å². The second-order valence-electron chi connectivity index (χ2n) is 7.29. The Morgan fingerprint density at radius 2 is 1.78 bits per heavy atom. The molecule has 1 heterocycles. The number of ether oxygens (including phenoxy) is 1. The number of rotatable bonds is 5. The number of fused-ring (bicyclic) bond motifs is 1. The lowest BCUT2D eigenvalue weighted by atomic mass is 9.89. The summed E-state index contributed by atoms with van der Waals surface area (Å²) in [5, 5.41) is 10.4. The topological polar surface area (TPSA) is 33.9 Å². The van der Waals surface area contributed by atoms with Gasteiger partial charge in [-0.2, -0.15) is 0 Å². The summed E-state index contributed by atoms with van der Waals surface area (Å²) in [5.74, 6) is 0. The Labute approximate surface area is 140 Å². The van der Waals surface area contributed by atoms with Crippen LogP contribution in [0, 0.1) is 0 Å². The lowest BCUT2D eigenvalue weighted by molar-refractivity contribution is -0.904. The van der Waals surface area contributed by atoms with Crippen LogP contribution in [0.15, 0.2) is 24.3 Å². The van der Waals surface area contributed by atoms with Crippen molar-refractivity contribution in [1.82, 2.24) is 0 Å². The molecule has 0 bridgehead atoms. The largest absolute Gasteiger partial charge is 0.385 e. The van der Waals surface area contributed by atoms with Crippen LogP contribution < -0.4 is 4.90 Å². The van der Waals surface area contributed by atoms with E-state index in [-0.39, 0.29) is 12.2 Å². The Morgan fingerprint density at radius 3 is 2.61 bits per heavy atom. The van der Waals surface area contributed by atoms with E-state index in [4.69, 9.17) is 4.74 Å². The summed E-state index contributed by atoms with van der Waals surface area (Å²) in [4.78, 5) is 1.56. The monoisotopic (exact) mass is 318 g/mol. The van der Waals surface area contributed by atoms with Crippen molar-refractivity contribution in [3.05, 3.63) is 35.4 Å². The average Bonchev–Trinajstić information content (AvgIpc) is 2.55. The van der Waals surface area contributed by atoms with Gasteiger partial charge < -0.3 is 14.7 Å². The Kier molecular flexibility index (Phi) is 6.49. The van der Waals surface area contributed by atoms with Crippen LogP contribution in [0.1, 0.15) is 62.2 Å². The van der Waals surface area contributed by atoms with Crippen molar-refractivity contribution in [2.45, 2.75) is 63.6 Å². The van der Waals surface area contributed by atoms with Gasteiger partial charge in [-0.15, -0.1) is 0 Å². The number of hydrogen-bond acceptors (Lipinski definition) is 2. The molecular formula is C20H32NO2+. The van der Waals surface area contributed by atoms with Gasteiger partial charge in [0.1, 0.15) is 12.6 Å². The van der Waals surface area contributed by atoms with Gasteiger partial charge in [0.15, 0.2) is 0 Å². The quantitative estimate of drug-likeness (QED) is 0.873. The van der Waals surface area contributed by atoms with Crippen molar-refractivity contribution in [3.8, 4) is 0 Å². The number of hydrogen-bond donors (Lipinski definition) is 2. The molecule has 3 nitrogen and oxygen atoms in total. The molecule has 2 N–H and O–H groups in total. The van der Waals surface area contributed by atoms with E-state index < -0.39 is 0 Å². The zero-order valence-electron chi connectivity index (χ0n) is 14.3. The van der Waals surface area contributed by atoms with E-state index in [1.54, 1.807) is 4.90 Å². The predicted molar refractivity (Wildman–Crippen MR) is 92.7 cm³/mol. The molecule has 3 rings (SSSR count). The normalized spacial score (nSPS) is 24.5. The Bertz CT molecular complexity index is 468. The number of aliphatic hydroxyl groups is 1. The number of nitrogens with one attached hydrogen (secondary N) is 1. The fraction of sp³-hybridized carbons (Fsp3) is 0.700. The third-order valence-corrected chi connectivity index (χ3v) is 5.39. The summed E-state index contributed by atoms with van der Waals surface area (Å²) < 4.78 is 6.11. The SMILES string of the molecule is O[C@@H](CO[C@H]1CCCc2ccccc21)C[NH+]1CCCCCCC1. The van der Waals surface area contributed by atoms with Gasteiger partial charge in [0.25, 0.3) is 0 Å². The molecule has 2 aliphatic rings. The maximum Gasteiger partial charge on any atom is 0.126 e. The molecule has 23 heavy (non-hydrogen) atoms. The third-order valence-electron chi connectivity index (χ3n) is 5.39. The van der Waals surface area contributed by atoms with Crippen LogP contribution in [0.2, 0.25) is 0 Å². The van der Waals surface area contributed by atoms with Gasteiger partial charge in [0, 0.05) is 0 Å². The highest BCUT2D eigenvalue weighted by Gasteiger charge is 2.22. The minimum absolute atomic E-state index is 0.178. The molecular weight excluding hydrogens is 286 g/mol. The first-order valence-corrected chi connectivity index (χ1v) is 9.54. The van der Waals surface area contributed by atoms with Crippen LogP contribution in [0.3, 0.4) is 0 Å². The second-order valence-corrected chi connectivity index (χ2v) is 7.29. The van der Waals surface area contributed by atoms with Gasteiger partial charge in [-0.3, -0.25) is 0 Å². The summed E-state index contributed by atoms with van der Waals surface area (Å²) in [5.41, 5.74) is 2.76. The van der Waals surface area contributed by atoms with Gasteiger partial charge >= 0.3 is 0 Å². The smallest absolute Gasteiger partial charge is 0.126 e. The summed E-state index contributed by atoms with van der Waals surface area (Å²) in [7, 11) is 0. The van der Waals surface area contributed by atoms with Crippen molar-refractivity contribution < 1.29 is 14.7 Å². The maximum absolute atomic E-state index is 10.4. The van der Waals surface area contributed by atoms with Gasteiger partial charge in [-0.25, -0.2) is 0 Å². The lowest BCUT2D eigenvalue weighted by Crippen LogP contribution is -3.13. The molecule has 0 radical (unpaired) electrons. The fourth-order valence-electron chi connectivity index (χ4n) is 4.11. The lowest BCUT2D eigenvalue weighted by Gasteiger charge is -2.28. The van der Waals surface area contributed by atoms with Gasteiger partial charge in [-0.05, 0) is 56.1 Å². The third kappa shape index (κ3) is 5.03. The summed E-state index contributed by atoms with van der Waals surface area (Å²) in [6, 6.07) is 8.61. The Balaban J connectivity index is 1.46. The molecule has 1 fully saturated rings. The van der Waals surface area contributed by atoms with Crippen LogP contribution in [-0.2, 0) is 11.2 Å². The van der Waals surface area contributed by atoms with Crippen molar-refractivity contribution in [2.24, 2.45) is 0 Å². The van der Waals surface area contributed by atoms with Crippen LogP contribution in [-0.4, -0.2) is 37.5 Å². The van der Waals surface area contributed by atoms with Crippen molar-refractivity contribution in [2.75, 3.05) is 26.2 Å². The zero-order chi connectivity index (χ0) is 15.9. The van der Waals surface area contributed by atoms with E-state index in [1.165, 1.54) is 62.7 Å². The molecule has 0 amide bonds. The van der Waals surface area contributed by atoms with E-state index in [1.807, 2.05) is 0 Å². The molecule has 1 aliphatic heterocycles. The first-order valence-electron chi connectivity index (χ1n) is 9.54. The highest BCUT2D eigenvalue weighted by atomic mass is 16.5. The molecule has 0 aromatic heterocycles. The predicted octanol–water partition coefficient (Wildman–Crippen LogP) is 2.29. The number of benzene rings is 1. The van der Waals surface area contributed by atoms with E-state index in [0.29, 0.717) is 6.61 Å². The van der Waals surface area contributed by atoms with Crippen LogP contribution in [0.5, 0.6) is 0 Å². The average molecular weight is 318 g/mol. The molecule has 1 saturated heterocycles. The van der Waals surface area contributed by atoms with Crippen molar-refractivity contribution >= 4 is 0 Å². The molecule has 2 atom stereocenters. The first-order chi connectivity index (χ1) is 11.3. The zero-order valence-corrected chi connectivity index (χ0v) is 14.3. The maximum atomic E-state index is 10.4. The van der Waals surface area contributed by atoms with E-state index in [9.17, 15) is 5.11 Å². The minimum atomic E-state index is -0.335. The van der Waals surface area contributed by atoms with Gasteiger partial charge in [0.05, 0.1) is 25.8 Å².